The number of aliphatic hydroxyl groups excluding tert-OH is 1. The topological polar surface area (TPSA) is 84.4 Å². The molecule has 1 N–H and O–H groups in total. The molecule has 0 spiro atoms. The summed E-state index contributed by atoms with van der Waals surface area (Å²) in [5.41, 5.74) is 3.90. The molecule has 8 heteroatoms. The van der Waals surface area contributed by atoms with Crippen molar-refractivity contribution in [3.05, 3.63) is 83.2 Å². The first kappa shape index (κ1) is 27.4. The molecule has 38 heavy (non-hydrogen) atoms. The second-order valence-electron chi connectivity index (χ2n) is 9.53. The van der Waals surface area contributed by atoms with Crippen LogP contribution in [0.15, 0.2) is 60.8 Å². The van der Waals surface area contributed by atoms with Crippen molar-refractivity contribution in [3.63, 3.8) is 0 Å². The van der Waals surface area contributed by atoms with E-state index in [1.54, 1.807) is 30.3 Å². The van der Waals surface area contributed by atoms with Crippen molar-refractivity contribution in [2.24, 2.45) is 0 Å². The molecule has 1 aliphatic rings. The Kier molecular flexibility index (Phi) is 9.56. The second-order valence-corrected chi connectivity index (χ2v) is 9.53. The molecule has 2 heterocycles. The minimum atomic E-state index is -0.106. The van der Waals surface area contributed by atoms with Gasteiger partial charge in [0.1, 0.15) is 24.7 Å². The summed E-state index contributed by atoms with van der Waals surface area (Å²) in [5.74, 6) is 2.12. The van der Waals surface area contributed by atoms with Gasteiger partial charge in [-0.15, -0.1) is 0 Å². The molecular weight excluding hydrogens is 482 g/mol. The molecule has 1 amide bonds. The average molecular weight is 520 g/mol. The van der Waals surface area contributed by atoms with E-state index < -0.39 is 0 Å². The number of hydrogen-bond donors (Lipinski definition) is 1. The zero-order chi connectivity index (χ0) is 26.9. The smallest absolute Gasteiger partial charge is 0.272 e. The van der Waals surface area contributed by atoms with E-state index in [1.165, 1.54) is 5.56 Å². The van der Waals surface area contributed by atoms with Gasteiger partial charge in [-0.2, -0.15) is 0 Å². The van der Waals surface area contributed by atoms with Crippen LogP contribution in [0.25, 0.3) is 0 Å². The first-order chi connectivity index (χ1) is 18.5. The monoisotopic (exact) mass is 519 g/mol. The zero-order valence-corrected chi connectivity index (χ0v) is 22.4. The van der Waals surface area contributed by atoms with Crippen LogP contribution in [-0.2, 0) is 13.0 Å². The van der Waals surface area contributed by atoms with Crippen LogP contribution in [0.1, 0.15) is 40.0 Å². The third-order valence-electron chi connectivity index (χ3n) is 6.83. The Hall–Kier alpha value is -3.62. The van der Waals surface area contributed by atoms with Crippen molar-refractivity contribution in [3.8, 4) is 17.2 Å². The van der Waals surface area contributed by atoms with Crippen molar-refractivity contribution in [1.29, 1.82) is 0 Å². The summed E-state index contributed by atoms with van der Waals surface area (Å²) in [6.07, 6.45) is 2.61. The molecule has 2 aromatic carbocycles. The molecular formula is C30H37N3O5. The Balaban J connectivity index is 1.30. The highest BCUT2D eigenvalue weighted by Gasteiger charge is 2.33. The number of benzene rings is 2. The predicted octanol–water partition coefficient (Wildman–Crippen LogP) is 3.77. The number of aryl methyl sites for hydroxylation is 1. The lowest BCUT2D eigenvalue weighted by Gasteiger charge is -2.39. The highest BCUT2D eigenvalue weighted by molar-refractivity contribution is 5.93. The van der Waals surface area contributed by atoms with E-state index in [-0.39, 0.29) is 18.4 Å². The van der Waals surface area contributed by atoms with E-state index >= 15 is 0 Å². The molecule has 0 radical (unpaired) electrons. The number of carbonyl (C=O) groups excluding carboxylic acids is 1. The van der Waals surface area contributed by atoms with Crippen LogP contribution in [0.5, 0.6) is 17.2 Å². The number of amides is 1. The number of hydrogen-bond acceptors (Lipinski definition) is 7. The van der Waals surface area contributed by atoms with Gasteiger partial charge >= 0.3 is 0 Å². The summed E-state index contributed by atoms with van der Waals surface area (Å²) in [4.78, 5) is 21.0. The van der Waals surface area contributed by atoms with Crippen LogP contribution >= 0.6 is 0 Å². The number of likely N-dealkylation sites (N-methyl/N-ethyl adjacent to an activating group) is 1. The number of aromatic nitrogens is 1. The van der Waals surface area contributed by atoms with Crippen LogP contribution in [0.3, 0.4) is 0 Å². The highest BCUT2D eigenvalue weighted by Crippen LogP contribution is 2.35. The number of methoxy groups -OCH3 is 1. The number of carbonyl (C=O) groups is 1. The summed E-state index contributed by atoms with van der Waals surface area (Å²) >= 11 is 0. The standard InChI is InChI=1S/C30H37N3O5/c1-4-22-5-7-23(8-6-22)21-38-28-10-9-24(17-29(28)36-3)25-19-33(20-25)30(35)27-18-26(11-12-31-27)37-16-14-32(2)13-15-34/h5-12,17-18,25,34H,4,13-16,19-21H2,1-3H3. The molecule has 202 valence electrons. The molecule has 0 unspecified atom stereocenters. The Morgan fingerprint density at radius 1 is 1.03 bits per heavy atom. The summed E-state index contributed by atoms with van der Waals surface area (Å²) in [6, 6.07) is 17.9. The molecule has 1 saturated heterocycles. The van der Waals surface area contributed by atoms with E-state index in [1.807, 2.05) is 30.1 Å². The van der Waals surface area contributed by atoms with Crippen LogP contribution < -0.4 is 14.2 Å². The first-order valence-corrected chi connectivity index (χ1v) is 13.1. The average Bonchev–Trinajstić information content (AvgIpc) is 2.92. The fourth-order valence-corrected chi connectivity index (χ4v) is 4.33. The van der Waals surface area contributed by atoms with Crippen molar-refractivity contribution < 1.29 is 24.1 Å². The number of rotatable bonds is 13. The van der Waals surface area contributed by atoms with Gasteiger partial charge in [0.2, 0.25) is 0 Å². The lowest BCUT2D eigenvalue weighted by atomic mass is 9.91. The van der Waals surface area contributed by atoms with E-state index in [9.17, 15) is 4.79 Å². The van der Waals surface area contributed by atoms with Crippen molar-refractivity contribution >= 4 is 5.91 Å². The molecule has 3 aromatic rings. The van der Waals surface area contributed by atoms with E-state index in [0.29, 0.717) is 62.3 Å². The summed E-state index contributed by atoms with van der Waals surface area (Å²) < 4.78 is 17.4. The third kappa shape index (κ3) is 7.02. The van der Waals surface area contributed by atoms with Crippen LogP contribution in [-0.4, -0.2) is 79.3 Å². The van der Waals surface area contributed by atoms with E-state index in [2.05, 4.69) is 36.2 Å². The van der Waals surface area contributed by atoms with Gasteiger partial charge in [0.15, 0.2) is 11.5 Å². The Bertz CT molecular complexity index is 1190. The van der Waals surface area contributed by atoms with Gasteiger partial charge in [-0.1, -0.05) is 37.3 Å². The molecule has 0 saturated carbocycles. The second kappa shape index (κ2) is 13.3. The Morgan fingerprint density at radius 3 is 2.50 bits per heavy atom. The number of likely N-dealkylation sites (tertiary alicyclic amines) is 1. The van der Waals surface area contributed by atoms with Gasteiger partial charge in [0.05, 0.1) is 13.7 Å². The minimum Gasteiger partial charge on any atom is -0.493 e. The number of aliphatic hydroxyl groups is 1. The molecule has 0 aliphatic carbocycles. The number of ether oxygens (including phenoxy) is 3. The van der Waals surface area contributed by atoms with Crippen molar-refractivity contribution in [2.75, 3.05) is 53.6 Å². The highest BCUT2D eigenvalue weighted by atomic mass is 16.5. The van der Waals surface area contributed by atoms with E-state index in [4.69, 9.17) is 19.3 Å². The van der Waals surface area contributed by atoms with Gasteiger partial charge in [0, 0.05) is 44.4 Å². The predicted molar refractivity (Wildman–Crippen MR) is 146 cm³/mol. The molecule has 0 atom stereocenters. The Labute approximate surface area is 224 Å². The first-order valence-electron chi connectivity index (χ1n) is 13.1. The maximum Gasteiger partial charge on any atom is 0.272 e. The summed E-state index contributed by atoms with van der Waals surface area (Å²) in [5, 5.41) is 8.99. The van der Waals surface area contributed by atoms with Crippen molar-refractivity contribution in [2.45, 2.75) is 25.9 Å². The van der Waals surface area contributed by atoms with E-state index in [0.717, 1.165) is 17.5 Å². The molecule has 1 aliphatic heterocycles. The number of pyridine rings is 1. The molecule has 0 bridgehead atoms. The largest absolute Gasteiger partial charge is 0.493 e. The summed E-state index contributed by atoms with van der Waals surface area (Å²) in [6.45, 7) is 5.69. The van der Waals surface area contributed by atoms with Gasteiger partial charge in [-0.3, -0.25) is 9.78 Å². The van der Waals surface area contributed by atoms with Gasteiger partial charge in [-0.05, 0) is 48.4 Å². The maximum atomic E-state index is 13.0. The quantitative estimate of drug-likeness (QED) is 0.368. The normalized spacial score (nSPS) is 13.3. The fraction of sp³-hybridized carbons (Fsp3) is 0.400. The maximum absolute atomic E-state index is 13.0. The lowest BCUT2D eigenvalue weighted by Crippen LogP contribution is -2.48. The fourth-order valence-electron chi connectivity index (χ4n) is 4.33. The van der Waals surface area contributed by atoms with Gasteiger partial charge in [-0.25, -0.2) is 0 Å². The SMILES string of the molecule is CCc1ccc(COc2ccc(C3CN(C(=O)c4cc(OCCN(C)CCO)ccn4)C3)cc2OC)cc1. The minimum absolute atomic E-state index is 0.106. The van der Waals surface area contributed by atoms with Gasteiger partial charge in [0.25, 0.3) is 5.91 Å². The lowest BCUT2D eigenvalue weighted by molar-refractivity contribution is 0.0595. The molecule has 8 nitrogen and oxygen atoms in total. The zero-order valence-electron chi connectivity index (χ0n) is 22.4. The van der Waals surface area contributed by atoms with Crippen LogP contribution in [0.4, 0.5) is 0 Å². The Morgan fingerprint density at radius 2 is 1.79 bits per heavy atom. The number of nitrogens with zero attached hydrogens (tertiary/aromatic N) is 3. The van der Waals surface area contributed by atoms with Crippen LogP contribution in [0.2, 0.25) is 0 Å². The third-order valence-corrected chi connectivity index (χ3v) is 6.83. The van der Waals surface area contributed by atoms with Gasteiger partial charge < -0.3 is 29.1 Å². The van der Waals surface area contributed by atoms with Crippen molar-refractivity contribution in [1.82, 2.24) is 14.8 Å². The molecule has 1 aromatic heterocycles. The molecule has 4 rings (SSSR count). The molecule has 1 fully saturated rings. The van der Waals surface area contributed by atoms with Crippen LogP contribution in [0, 0.1) is 0 Å². The summed E-state index contributed by atoms with van der Waals surface area (Å²) in [7, 11) is 3.56.